The fraction of sp³-hybridized carbons (Fsp3) is 0.917. The van der Waals surface area contributed by atoms with Gasteiger partial charge in [-0.15, -0.1) is 0 Å². The van der Waals surface area contributed by atoms with Gasteiger partial charge >= 0.3 is 0 Å². The lowest BCUT2D eigenvalue weighted by Gasteiger charge is -2.39. The molecule has 1 aliphatic rings. The van der Waals surface area contributed by atoms with Crippen molar-refractivity contribution in [2.75, 3.05) is 19.6 Å². The maximum atomic E-state index is 11.7. The third-order valence-corrected chi connectivity index (χ3v) is 3.36. The average Bonchev–Trinajstić information content (AvgIpc) is 2.29. The Hall–Kier alpha value is -0.610. The van der Waals surface area contributed by atoms with Gasteiger partial charge in [0.15, 0.2) is 0 Å². The van der Waals surface area contributed by atoms with Gasteiger partial charge in [0, 0.05) is 25.2 Å². The Morgan fingerprint density at radius 3 is 2.88 bits per heavy atom. The summed E-state index contributed by atoms with van der Waals surface area (Å²) in [7, 11) is 0. The number of carbonyl (C=O) groups excluding carboxylic acids is 1. The zero-order valence-corrected chi connectivity index (χ0v) is 10.5. The highest BCUT2D eigenvalue weighted by atomic mass is 16.2. The summed E-state index contributed by atoms with van der Waals surface area (Å²) in [5, 5.41) is 2.92. The number of piperidine rings is 1. The third kappa shape index (κ3) is 3.76. The molecule has 2 unspecified atom stereocenters. The van der Waals surface area contributed by atoms with E-state index in [-0.39, 0.29) is 5.91 Å². The molecule has 4 nitrogen and oxygen atoms in total. The van der Waals surface area contributed by atoms with Gasteiger partial charge in [-0.25, -0.2) is 0 Å². The molecule has 2 atom stereocenters. The van der Waals surface area contributed by atoms with E-state index in [0.29, 0.717) is 25.2 Å². The van der Waals surface area contributed by atoms with Crippen LogP contribution in [-0.2, 0) is 4.79 Å². The number of likely N-dealkylation sites (tertiary alicyclic amines) is 1. The molecule has 0 aromatic rings. The summed E-state index contributed by atoms with van der Waals surface area (Å²) in [6.45, 7) is 6.18. The molecular weight excluding hydrogens is 202 g/mol. The molecule has 0 aromatic heterocycles. The van der Waals surface area contributed by atoms with Gasteiger partial charge in [-0.3, -0.25) is 9.69 Å². The summed E-state index contributed by atoms with van der Waals surface area (Å²) in [4.78, 5) is 13.9. The summed E-state index contributed by atoms with van der Waals surface area (Å²) >= 11 is 0. The molecule has 0 bridgehead atoms. The average molecular weight is 227 g/mol. The SMILES string of the molecule is CCCNC(=O)CN1C(C)CCCC1CN. The molecule has 1 aliphatic heterocycles. The van der Waals surface area contributed by atoms with E-state index in [1.54, 1.807) is 0 Å². The molecule has 0 aromatic carbocycles. The summed E-state index contributed by atoms with van der Waals surface area (Å²) in [6.07, 6.45) is 4.52. The van der Waals surface area contributed by atoms with Crippen LogP contribution in [-0.4, -0.2) is 42.5 Å². The van der Waals surface area contributed by atoms with Crippen LogP contribution in [0.1, 0.15) is 39.5 Å². The van der Waals surface area contributed by atoms with Crippen molar-refractivity contribution in [3.63, 3.8) is 0 Å². The molecule has 94 valence electrons. The molecule has 0 aliphatic carbocycles. The molecule has 4 heteroatoms. The first-order valence-electron chi connectivity index (χ1n) is 6.41. The first-order valence-corrected chi connectivity index (χ1v) is 6.41. The fourth-order valence-electron chi connectivity index (χ4n) is 2.36. The first-order chi connectivity index (χ1) is 7.69. The summed E-state index contributed by atoms with van der Waals surface area (Å²) in [5.74, 6) is 0.133. The van der Waals surface area contributed by atoms with E-state index in [1.807, 2.05) is 0 Å². The molecule has 1 amide bonds. The van der Waals surface area contributed by atoms with Crippen molar-refractivity contribution in [1.82, 2.24) is 10.2 Å². The molecule has 0 radical (unpaired) electrons. The van der Waals surface area contributed by atoms with Gasteiger partial charge in [-0.1, -0.05) is 13.3 Å². The highest BCUT2D eigenvalue weighted by Crippen LogP contribution is 2.21. The van der Waals surface area contributed by atoms with Crippen molar-refractivity contribution < 1.29 is 4.79 Å². The standard InChI is InChI=1S/C12H25N3O/c1-3-7-14-12(16)9-15-10(2)5-4-6-11(15)8-13/h10-11H,3-9,13H2,1-2H3,(H,14,16). The highest BCUT2D eigenvalue weighted by Gasteiger charge is 2.28. The number of nitrogens with two attached hydrogens (primary N) is 1. The predicted molar refractivity (Wildman–Crippen MR) is 66.2 cm³/mol. The number of hydrogen-bond acceptors (Lipinski definition) is 3. The highest BCUT2D eigenvalue weighted by molar-refractivity contribution is 5.78. The summed E-state index contributed by atoms with van der Waals surface area (Å²) < 4.78 is 0. The van der Waals surface area contributed by atoms with Crippen LogP contribution in [0.3, 0.4) is 0 Å². The summed E-state index contributed by atoms with van der Waals surface area (Å²) in [5.41, 5.74) is 5.76. The van der Waals surface area contributed by atoms with E-state index in [1.165, 1.54) is 12.8 Å². The van der Waals surface area contributed by atoms with Gasteiger partial charge < -0.3 is 11.1 Å². The quantitative estimate of drug-likeness (QED) is 0.727. The molecule has 3 N–H and O–H groups in total. The van der Waals surface area contributed by atoms with Gasteiger partial charge in [0.1, 0.15) is 0 Å². The van der Waals surface area contributed by atoms with Crippen molar-refractivity contribution in [1.29, 1.82) is 0 Å². The topological polar surface area (TPSA) is 58.4 Å². The number of nitrogens with zero attached hydrogens (tertiary/aromatic N) is 1. The van der Waals surface area contributed by atoms with Crippen LogP contribution in [0, 0.1) is 0 Å². The molecule has 1 rings (SSSR count). The molecule has 1 heterocycles. The molecule has 1 fully saturated rings. The molecule has 0 saturated carbocycles. The number of amides is 1. The molecule has 16 heavy (non-hydrogen) atoms. The Balaban J connectivity index is 2.44. The zero-order valence-electron chi connectivity index (χ0n) is 10.5. The van der Waals surface area contributed by atoms with Crippen LogP contribution < -0.4 is 11.1 Å². The maximum absolute atomic E-state index is 11.7. The minimum absolute atomic E-state index is 0.133. The largest absolute Gasteiger partial charge is 0.355 e. The van der Waals surface area contributed by atoms with Crippen molar-refractivity contribution in [2.24, 2.45) is 5.73 Å². The van der Waals surface area contributed by atoms with Crippen molar-refractivity contribution in [3.8, 4) is 0 Å². The number of hydrogen-bond donors (Lipinski definition) is 2. The van der Waals surface area contributed by atoms with Crippen LogP contribution >= 0.6 is 0 Å². The molecular formula is C12H25N3O. The Morgan fingerprint density at radius 2 is 2.25 bits per heavy atom. The van der Waals surface area contributed by atoms with Gasteiger partial charge in [-0.05, 0) is 26.2 Å². The van der Waals surface area contributed by atoms with E-state index in [9.17, 15) is 4.79 Å². The minimum atomic E-state index is 0.133. The van der Waals surface area contributed by atoms with Gasteiger partial charge in [0.05, 0.1) is 6.54 Å². The van der Waals surface area contributed by atoms with E-state index in [2.05, 4.69) is 24.1 Å². The van der Waals surface area contributed by atoms with Crippen LogP contribution in [0.15, 0.2) is 0 Å². The Labute approximate surface area is 98.6 Å². The van der Waals surface area contributed by atoms with Gasteiger partial charge in [0.2, 0.25) is 5.91 Å². The van der Waals surface area contributed by atoms with E-state index in [4.69, 9.17) is 5.73 Å². The smallest absolute Gasteiger partial charge is 0.234 e. The van der Waals surface area contributed by atoms with E-state index < -0.39 is 0 Å². The van der Waals surface area contributed by atoms with Crippen LogP contribution in [0.25, 0.3) is 0 Å². The second-order valence-corrected chi connectivity index (χ2v) is 4.69. The Morgan fingerprint density at radius 1 is 1.50 bits per heavy atom. The predicted octanol–water partition coefficient (Wildman–Crippen LogP) is 0.714. The fourth-order valence-corrected chi connectivity index (χ4v) is 2.36. The van der Waals surface area contributed by atoms with Crippen LogP contribution in [0.4, 0.5) is 0 Å². The lowest BCUT2D eigenvalue weighted by molar-refractivity contribution is -0.123. The van der Waals surface area contributed by atoms with Gasteiger partial charge in [0.25, 0.3) is 0 Å². The normalized spacial score (nSPS) is 26.7. The lowest BCUT2D eigenvalue weighted by Crippen LogP contribution is -2.52. The number of rotatable bonds is 5. The van der Waals surface area contributed by atoms with Crippen molar-refractivity contribution in [2.45, 2.75) is 51.6 Å². The Bertz CT molecular complexity index is 220. The summed E-state index contributed by atoms with van der Waals surface area (Å²) in [6, 6.07) is 0.866. The van der Waals surface area contributed by atoms with Gasteiger partial charge in [-0.2, -0.15) is 0 Å². The van der Waals surface area contributed by atoms with Crippen LogP contribution in [0.5, 0.6) is 0 Å². The second kappa shape index (κ2) is 6.86. The minimum Gasteiger partial charge on any atom is -0.355 e. The second-order valence-electron chi connectivity index (χ2n) is 4.69. The van der Waals surface area contributed by atoms with E-state index >= 15 is 0 Å². The third-order valence-electron chi connectivity index (χ3n) is 3.36. The van der Waals surface area contributed by atoms with Crippen molar-refractivity contribution in [3.05, 3.63) is 0 Å². The number of carbonyl (C=O) groups is 1. The molecule has 1 saturated heterocycles. The zero-order chi connectivity index (χ0) is 12.0. The van der Waals surface area contributed by atoms with Crippen molar-refractivity contribution >= 4 is 5.91 Å². The lowest BCUT2D eigenvalue weighted by atomic mass is 9.96. The monoisotopic (exact) mass is 227 g/mol. The van der Waals surface area contributed by atoms with Crippen LogP contribution in [0.2, 0.25) is 0 Å². The maximum Gasteiger partial charge on any atom is 0.234 e. The molecule has 0 spiro atoms. The number of nitrogens with one attached hydrogen (secondary N) is 1. The Kier molecular flexibility index (Phi) is 5.77. The van der Waals surface area contributed by atoms with E-state index in [0.717, 1.165) is 19.4 Å². The first kappa shape index (κ1) is 13.5.